The quantitative estimate of drug-likeness (QED) is 0.623. The van der Waals surface area contributed by atoms with Crippen molar-refractivity contribution in [1.82, 2.24) is 4.98 Å². The molecule has 1 aliphatic rings. The van der Waals surface area contributed by atoms with Gasteiger partial charge in [-0.25, -0.2) is 0 Å². The summed E-state index contributed by atoms with van der Waals surface area (Å²) in [6.45, 7) is 1.53. The summed E-state index contributed by atoms with van der Waals surface area (Å²) in [4.78, 5) is 42.3. The van der Waals surface area contributed by atoms with Gasteiger partial charge in [0.15, 0.2) is 11.4 Å². The SMILES string of the molecule is CCOC(=O)CN1C(=O)C(O)(CC(=O)c2cccnc2)c2ccccc21. The van der Waals surface area contributed by atoms with Crippen LogP contribution in [-0.4, -0.2) is 40.9 Å². The molecule has 1 unspecified atom stereocenters. The second-order valence-corrected chi connectivity index (χ2v) is 5.92. The second-order valence-electron chi connectivity index (χ2n) is 5.92. The number of anilines is 1. The number of Topliss-reactive ketones (excluding diaryl/α,β-unsaturated/α-hetero) is 1. The number of fused-ring (bicyclic) bond motifs is 1. The van der Waals surface area contributed by atoms with Crippen LogP contribution >= 0.6 is 0 Å². The van der Waals surface area contributed by atoms with Gasteiger partial charge in [0.2, 0.25) is 0 Å². The molecule has 0 bridgehead atoms. The molecule has 0 fully saturated rings. The zero-order valence-electron chi connectivity index (χ0n) is 14.2. The van der Waals surface area contributed by atoms with Gasteiger partial charge in [0.05, 0.1) is 18.7 Å². The third-order valence-electron chi connectivity index (χ3n) is 4.23. The van der Waals surface area contributed by atoms with Crippen LogP contribution in [0.3, 0.4) is 0 Å². The first kappa shape index (κ1) is 17.8. The fourth-order valence-corrected chi connectivity index (χ4v) is 3.03. The van der Waals surface area contributed by atoms with Gasteiger partial charge in [-0.15, -0.1) is 0 Å². The van der Waals surface area contributed by atoms with Gasteiger partial charge < -0.3 is 9.84 Å². The Balaban J connectivity index is 1.93. The van der Waals surface area contributed by atoms with Crippen molar-refractivity contribution in [1.29, 1.82) is 0 Å². The summed E-state index contributed by atoms with van der Waals surface area (Å²) >= 11 is 0. The van der Waals surface area contributed by atoms with Gasteiger partial charge in [0, 0.05) is 23.5 Å². The van der Waals surface area contributed by atoms with Crippen LogP contribution in [0.2, 0.25) is 0 Å². The molecule has 134 valence electrons. The van der Waals surface area contributed by atoms with Crippen molar-refractivity contribution < 1.29 is 24.2 Å². The molecule has 0 aliphatic carbocycles. The minimum Gasteiger partial charge on any atom is -0.465 e. The van der Waals surface area contributed by atoms with Crippen molar-refractivity contribution in [3.8, 4) is 0 Å². The van der Waals surface area contributed by atoms with Crippen molar-refractivity contribution in [2.75, 3.05) is 18.1 Å². The molecular weight excluding hydrogens is 336 g/mol. The molecule has 1 N–H and O–H groups in total. The lowest BCUT2D eigenvalue weighted by Crippen LogP contribution is -2.44. The number of benzene rings is 1. The monoisotopic (exact) mass is 354 g/mol. The molecule has 7 nitrogen and oxygen atoms in total. The van der Waals surface area contributed by atoms with E-state index in [1.165, 1.54) is 12.4 Å². The number of aromatic nitrogens is 1. The number of ether oxygens (including phenoxy) is 1. The minimum absolute atomic E-state index is 0.187. The van der Waals surface area contributed by atoms with Crippen LogP contribution in [0.25, 0.3) is 0 Å². The molecule has 2 aromatic rings. The van der Waals surface area contributed by atoms with Gasteiger partial charge in [-0.05, 0) is 25.1 Å². The number of nitrogens with zero attached hydrogens (tertiary/aromatic N) is 2. The van der Waals surface area contributed by atoms with Crippen LogP contribution in [-0.2, 0) is 19.9 Å². The molecule has 1 aromatic carbocycles. The summed E-state index contributed by atoms with van der Waals surface area (Å²) in [5.74, 6) is -1.72. The largest absolute Gasteiger partial charge is 0.465 e. The lowest BCUT2D eigenvalue weighted by Gasteiger charge is -2.22. The number of esters is 1. The van der Waals surface area contributed by atoms with Gasteiger partial charge in [-0.1, -0.05) is 18.2 Å². The van der Waals surface area contributed by atoms with E-state index in [1.54, 1.807) is 43.3 Å². The average molecular weight is 354 g/mol. The molecule has 0 radical (unpaired) electrons. The second kappa shape index (κ2) is 7.05. The van der Waals surface area contributed by atoms with E-state index in [4.69, 9.17) is 4.74 Å². The van der Waals surface area contributed by atoms with Gasteiger partial charge in [-0.3, -0.25) is 24.3 Å². The number of aliphatic hydroxyl groups is 1. The summed E-state index contributed by atoms with van der Waals surface area (Å²) in [6.07, 6.45) is 2.48. The Morgan fingerprint density at radius 2 is 2.00 bits per heavy atom. The fourth-order valence-electron chi connectivity index (χ4n) is 3.03. The normalized spacial score (nSPS) is 18.5. The smallest absolute Gasteiger partial charge is 0.326 e. The van der Waals surface area contributed by atoms with E-state index < -0.39 is 29.7 Å². The molecule has 2 heterocycles. The van der Waals surface area contributed by atoms with E-state index in [0.717, 1.165) is 4.90 Å². The van der Waals surface area contributed by atoms with E-state index >= 15 is 0 Å². The molecule has 3 rings (SSSR count). The lowest BCUT2D eigenvalue weighted by atomic mass is 9.88. The summed E-state index contributed by atoms with van der Waals surface area (Å²) < 4.78 is 4.90. The van der Waals surface area contributed by atoms with E-state index in [2.05, 4.69) is 4.98 Å². The topological polar surface area (TPSA) is 96.8 Å². The first-order chi connectivity index (χ1) is 12.5. The standard InChI is InChI=1S/C19H18N2O5/c1-2-26-17(23)12-21-15-8-4-3-7-14(15)19(25,18(21)24)10-16(22)13-6-5-9-20-11-13/h3-9,11,25H,2,10,12H2,1H3. The van der Waals surface area contributed by atoms with Gasteiger partial charge >= 0.3 is 5.97 Å². The third kappa shape index (κ3) is 3.09. The number of para-hydroxylation sites is 1. The fraction of sp³-hybridized carbons (Fsp3) is 0.263. The van der Waals surface area contributed by atoms with Crippen LogP contribution in [0.15, 0.2) is 48.8 Å². The first-order valence-corrected chi connectivity index (χ1v) is 8.20. The molecule has 1 amide bonds. The van der Waals surface area contributed by atoms with E-state index in [9.17, 15) is 19.5 Å². The maximum absolute atomic E-state index is 12.9. The van der Waals surface area contributed by atoms with Crippen LogP contribution in [0.1, 0.15) is 29.3 Å². The maximum atomic E-state index is 12.9. The zero-order chi connectivity index (χ0) is 18.7. The van der Waals surface area contributed by atoms with Crippen LogP contribution in [0, 0.1) is 0 Å². The molecule has 0 saturated heterocycles. The molecular formula is C19H18N2O5. The van der Waals surface area contributed by atoms with Crippen molar-refractivity contribution in [2.24, 2.45) is 0 Å². The molecule has 26 heavy (non-hydrogen) atoms. The molecule has 0 spiro atoms. The highest BCUT2D eigenvalue weighted by molar-refractivity contribution is 6.12. The Hall–Kier alpha value is -3.06. The molecule has 7 heteroatoms. The van der Waals surface area contributed by atoms with Crippen LogP contribution in [0.5, 0.6) is 0 Å². The van der Waals surface area contributed by atoms with E-state index in [-0.39, 0.29) is 13.2 Å². The highest BCUT2D eigenvalue weighted by Crippen LogP contribution is 2.42. The third-order valence-corrected chi connectivity index (χ3v) is 4.23. The summed E-state index contributed by atoms with van der Waals surface area (Å²) in [7, 11) is 0. The van der Waals surface area contributed by atoms with E-state index in [1.807, 2.05) is 0 Å². The Morgan fingerprint density at radius 3 is 2.69 bits per heavy atom. The Bertz CT molecular complexity index is 852. The Morgan fingerprint density at radius 1 is 1.23 bits per heavy atom. The number of pyridine rings is 1. The van der Waals surface area contributed by atoms with Crippen LogP contribution in [0.4, 0.5) is 5.69 Å². The molecule has 1 atom stereocenters. The predicted octanol–water partition coefficient (Wildman–Crippen LogP) is 1.45. The molecule has 1 aliphatic heterocycles. The number of rotatable bonds is 6. The summed E-state index contributed by atoms with van der Waals surface area (Å²) in [6, 6.07) is 9.74. The number of amides is 1. The number of carbonyl (C=O) groups excluding carboxylic acids is 3. The Kier molecular flexibility index (Phi) is 4.81. The zero-order valence-corrected chi connectivity index (χ0v) is 14.2. The highest BCUT2D eigenvalue weighted by Gasteiger charge is 2.51. The van der Waals surface area contributed by atoms with Crippen molar-refractivity contribution in [3.05, 3.63) is 59.9 Å². The highest BCUT2D eigenvalue weighted by atomic mass is 16.5. The van der Waals surface area contributed by atoms with Crippen molar-refractivity contribution in [3.63, 3.8) is 0 Å². The average Bonchev–Trinajstić information content (AvgIpc) is 2.85. The number of ketones is 1. The Labute approximate surface area is 150 Å². The minimum atomic E-state index is -2.03. The molecule has 0 saturated carbocycles. The van der Waals surface area contributed by atoms with Crippen molar-refractivity contribution in [2.45, 2.75) is 18.9 Å². The maximum Gasteiger partial charge on any atom is 0.326 e. The first-order valence-electron chi connectivity index (χ1n) is 8.20. The molecule has 1 aromatic heterocycles. The van der Waals surface area contributed by atoms with Crippen molar-refractivity contribution >= 4 is 23.3 Å². The predicted molar refractivity (Wildman–Crippen MR) is 92.5 cm³/mol. The lowest BCUT2D eigenvalue weighted by molar-refractivity contribution is -0.144. The van der Waals surface area contributed by atoms with E-state index in [0.29, 0.717) is 16.8 Å². The number of hydrogen-bond donors (Lipinski definition) is 1. The summed E-state index contributed by atoms with van der Waals surface area (Å²) in [5, 5.41) is 11.1. The summed E-state index contributed by atoms with van der Waals surface area (Å²) in [5.41, 5.74) is -1.04. The van der Waals surface area contributed by atoms with Gasteiger partial charge in [-0.2, -0.15) is 0 Å². The number of carbonyl (C=O) groups is 3. The van der Waals surface area contributed by atoms with Crippen LogP contribution < -0.4 is 4.90 Å². The van der Waals surface area contributed by atoms with Gasteiger partial charge in [0.1, 0.15) is 6.54 Å². The van der Waals surface area contributed by atoms with Gasteiger partial charge in [0.25, 0.3) is 5.91 Å². The number of hydrogen-bond acceptors (Lipinski definition) is 6.